The normalized spacial score (nSPS) is 44.6. The molecule has 56 valence electrons. The monoisotopic (exact) mass is 311 g/mol. The maximum absolute atomic E-state index is 12.5. The molecule has 2 nitrogen and oxygen atoms in total. The van der Waals surface area contributed by atoms with E-state index in [1.54, 1.807) is 0 Å². The van der Waals surface area contributed by atoms with E-state index in [1.165, 1.54) is 0 Å². The molecule has 0 amide bonds. The summed E-state index contributed by atoms with van der Waals surface area (Å²) in [5.74, 6) is 0. The van der Waals surface area contributed by atoms with Crippen molar-refractivity contribution in [3.05, 3.63) is 0 Å². The number of alkyl halides is 4. The van der Waals surface area contributed by atoms with Gasteiger partial charge < -0.3 is 0 Å². The summed E-state index contributed by atoms with van der Waals surface area (Å²) in [6.45, 7) is -0.0458. The topological polar surface area (TPSA) is 29.5 Å². The molecule has 3 unspecified atom stereocenters. The molecule has 9 heavy (non-hydrogen) atoms. The van der Waals surface area contributed by atoms with E-state index in [0.29, 0.717) is 0 Å². The standard InChI is InChI=1S/C4H6BrFIO2/c5-3-4(6)7-2(1-8)9-3/h2-4,8H,1H2/q-1. The Kier molecular flexibility index (Phi) is 3.13. The van der Waals surface area contributed by atoms with Crippen LogP contribution < -0.4 is 21.2 Å². The Hall–Kier alpha value is 1.06. The van der Waals surface area contributed by atoms with Gasteiger partial charge in [-0.05, 0) is 0 Å². The second kappa shape index (κ2) is 3.45. The number of ether oxygens (including phenoxy) is 1. The first-order chi connectivity index (χ1) is 4.24. The molecule has 1 aliphatic rings. The van der Waals surface area contributed by atoms with Gasteiger partial charge in [-0.25, -0.2) is 0 Å². The average molecular weight is 312 g/mol. The third kappa shape index (κ3) is 1.99. The van der Waals surface area contributed by atoms with Crippen molar-refractivity contribution in [1.82, 2.24) is 0 Å². The number of hydrogen-bond acceptors (Lipinski definition) is 2. The molecule has 0 spiro atoms. The molecule has 1 aliphatic heterocycles. The molecule has 0 bridgehead atoms. The molecule has 1 fully saturated rings. The Labute approximate surface area is 71.2 Å². The van der Waals surface area contributed by atoms with Crippen LogP contribution in [0.2, 0.25) is 0 Å². The first kappa shape index (κ1) is 8.16. The quantitative estimate of drug-likeness (QED) is 0.426. The fourth-order valence-electron chi connectivity index (χ4n) is 0.504. The van der Waals surface area contributed by atoms with Gasteiger partial charge in [0.1, 0.15) is 0 Å². The summed E-state index contributed by atoms with van der Waals surface area (Å²) in [6.07, 6.45) is 0. The van der Waals surface area contributed by atoms with Gasteiger partial charge in [0.25, 0.3) is 0 Å². The molecule has 0 aromatic heterocycles. The van der Waals surface area contributed by atoms with E-state index in [2.05, 4.69) is 15.9 Å². The van der Waals surface area contributed by atoms with Crippen LogP contribution in [0.1, 0.15) is 0 Å². The Bertz CT molecular complexity index is 94.6. The van der Waals surface area contributed by atoms with E-state index >= 15 is 0 Å². The molecule has 0 saturated carbocycles. The summed E-state index contributed by atoms with van der Waals surface area (Å²) in [4.78, 5) is 0. The van der Waals surface area contributed by atoms with Gasteiger partial charge >= 0.3 is 71.3 Å². The van der Waals surface area contributed by atoms with E-state index in [0.717, 1.165) is 0 Å². The predicted molar refractivity (Wildman–Crippen MR) is 29.6 cm³/mol. The minimum absolute atomic E-state index is 0.0458. The van der Waals surface area contributed by atoms with Crippen LogP contribution in [0, 0.1) is 0 Å². The van der Waals surface area contributed by atoms with Gasteiger partial charge in [0.15, 0.2) is 0 Å². The fraction of sp³-hybridized carbons (Fsp3) is 1.00. The molecular formula is C4H6BrFIO2-. The zero-order chi connectivity index (χ0) is 6.85. The van der Waals surface area contributed by atoms with Crippen LogP contribution in [-0.2, 0) is 4.74 Å². The number of hydrogen-bond donors (Lipinski definition) is 1. The maximum atomic E-state index is 12.5. The van der Waals surface area contributed by atoms with Crippen LogP contribution in [0.3, 0.4) is 0 Å². The molecule has 0 aliphatic carbocycles. The summed E-state index contributed by atoms with van der Waals surface area (Å²) in [6, 6.07) is 0. The molecule has 0 aromatic carbocycles. The van der Waals surface area contributed by atoms with Crippen LogP contribution >= 0.6 is 15.9 Å². The van der Waals surface area contributed by atoms with E-state index in [1.807, 2.05) is 0 Å². The van der Waals surface area contributed by atoms with Crippen LogP contribution in [0.15, 0.2) is 0 Å². The number of rotatable bonds is 1. The van der Waals surface area contributed by atoms with Gasteiger partial charge in [0.05, 0.1) is 0 Å². The summed E-state index contributed by atoms with van der Waals surface area (Å²) in [7, 11) is 0. The molecule has 0 radical (unpaired) electrons. The Morgan fingerprint density at radius 2 is 2.44 bits per heavy atom. The van der Waals surface area contributed by atoms with Gasteiger partial charge in [-0.3, -0.25) is 0 Å². The van der Waals surface area contributed by atoms with Crippen molar-refractivity contribution in [1.29, 1.82) is 0 Å². The second-order valence-electron chi connectivity index (χ2n) is 1.54. The first-order valence-corrected chi connectivity index (χ1v) is 5.81. The molecular weight excluding hydrogens is 306 g/mol. The zero-order valence-electron chi connectivity index (χ0n) is 4.43. The van der Waals surface area contributed by atoms with Gasteiger partial charge in [0.2, 0.25) is 0 Å². The van der Waals surface area contributed by atoms with Crippen molar-refractivity contribution in [2.45, 2.75) is 13.3 Å². The van der Waals surface area contributed by atoms with Crippen molar-refractivity contribution in [2.24, 2.45) is 0 Å². The SMILES string of the molecule is OCC1OC(Br)C(F)[I-]1. The van der Waals surface area contributed by atoms with Gasteiger partial charge in [-0.15, -0.1) is 0 Å². The van der Waals surface area contributed by atoms with Crippen LogP contribution in [0.4, 0.5) is 4.39 Å². The number of aliphatic hydroxyl groups excluding tert-OH is 1. The van der Waals surface area contributed by atoms with Crippen molar-refractivity contribution in [3.63, 3.8) is 0 Å². The average Bonchev–Trinajstić information content (AvgIpc) is 2.13. The van der Waals surface area contributed by atoms with Gasteiger partial charge in [-0.1, -0.05) is 0 Å². The summed E-state index contributed by atoms with van der Waals surface area (Å²) >= 11 is 2.39. The first-order valence-electron chi connectivity index (χ1n) is 2.40. The van der Waals surface area contributed by atoms with Crippen molar-refractivity contribution >= 4 is 15.9 Å². The van der Waals surface area contributed by atoms with E-state index in [9.17, 15) is 4.39 Å². The van der Waals surface area contributed by atoms with Crippen molar-refractivity contribution in [2.75, 3.05) is 6.61 Å². The summed E-state index contributed by atoms with van der Waals surface area (Å²) < 4.78 is 16.4. The molecule has 1 heterocycles. The van der Waals surface area contributed by atoms with Gasteiger partial charge in [0, 0.05) is 0 Å². The van der Waals surface area contributed by atoms with Crippen molar-refractivity contribution < 1.29 is 35.4 Å². The Morgan fingerprint density at radius 3 is 2.67 bits per heavy atom. The van der Waals surface area contributed by atoms with Crippen LogP contribution in [0.5, 0.6) is 0 Å². The van der Waals surface area contributed by atoms with Crippen molar-refractivity contribution in [3.8, 4) is 0 Å². The molecule has 1 N–H and O–H groups in total. The van der Waals surface area contributed by atoms with E-state index < -0.39 is 30.4 Å². The predicted octanol–water partition coefficient (Wildman–Crippen LogP) is -2.56. The number of halogens is 3. The molecule has 1 saturated heterocycles. The Morgan fingerprint density at radius 1 is 1.78 bits per heavy atom. The minimum atomic E-state index is -0.860. The number of aliphatic hydroxyl groups is 1. The van der Waals surface area contributed by atoms with Crippen LogP contribution in [0.25, 0.3) is 0 Å². The Balaban J connectivity index is 2.35. The molecule has 0 aromatic rings. The molecule has 5 heteroatoms. The summed E-state index contributed by atoms with van der Waals surface area (Å²) in [5.41, 5.74) is 0. The third-order valence-electron chi connectivity index (χ3n) is 0.880. The fourth-order valence-corrected chi connectivity index (χ4v) is 3.92. The molecule has 3 atom stereocenters. The van der Waals surface area contributed by atoms with Crippen LogP contribution in [-0.4, -0.2) is 25.0 Å². The zero-order valence-corrected chi connectivity index (χ0v) is 8.17. The molecule has 1 rings (SSSR count). The van der Waals surface area contributed by atoms with E-state index in [-0.39, 0.29) is 10.7 Å². The third-order valence-corrected chi connectivity index (χ3v) is 5.38. The van der Waals surface area contributed by atoms with Gasteiger partial charge in [-0.2, -0.15) is 0 Å². The van der Waals surface area contributed by atoms with E-state index in [4.69, 9.17) is 9.84 Å². The second-order valence-corrected chi connectivity index (χ2v) is 5.74. The summed E-state index contributed by atoms with van der Waals surface area (Å²) in [5, 5.41) is 8.05.